The second-order valence-electron chi connectivity index (χ2n) is 4.75. The zero-order chi connectivity index (χ0) is 13.8. The molecule has 1 aromatic carbocycles. The minimum Gasteiger partial charge on any atom is -0.497 e. The Hall–Kier alpha value is -1.87. The molecule has 2 aromatic rings. The lowest BCUT2D eigenvalue weighted by Gasteiger charge is -2.13. The monoisotopic (exact) mass is 257 g/mol. The van der Waals surface area contributed by atoms with Gasteiger partial charge < -0.3 is 9.84 Å². The maximum atomic E-state index is 10.3. The number of aryl methyl sites for hydroxylation is 2. The Morgan fingerprint density at radius 3 is 2.47 bits per heavy atom. The van der Waals surface area contributed by atoms with E-state index in [-0.39, 0.29) is 0 Å². The lowest BCUT2D eigenvalue weighted by molar-refractivity contribution is 0.178. The van der Waals surface area contributed by atoms with Crippen molar-refractivity contribution in [1.82, 2.24) is 4.98 Å². The van der Waals surface area contributed by atoms with Crippen LogP contribution in [-0.2, 0) is 6.42 Å². The summed E-state index contributed by atoms with van der Waals surface area (Å²) in [4.78, 5) is 4.32. The molecule has 0 aliphatic carbocycles. The fraction of sp³-hybridized carbons (Fsp3) is 0.312. The molecule has 3 heteroatoms. The van der Waals surface area contributed by atoms with Crippen molar-refractivity contribution in [1.29, 1.82) is 0 Å². The van der Waals surface area contributed by atoms with E-state index in [2.05, 4.69) is 4.98 Å². The Morgan fingerprint density at radius 2 is 1.84 bits per heavy atom. The number of methoxy groups -OCH3 is 1. The molecule has 1 aromatic heterocycles. The van der Waals surface area contributed by atoms with Crippen LogP contribution < -0.4 is 4.74 Å². The molecule has 0 aliphatic heterocycles. The third kappa shape index (κ3) is 3.55. The zero-order valence-electron chi connectivity index (χ0n) is 11.6. The molecule has 2 rings (SSSR count). The van der Waals surface area contributed by atoms with Crippen molar-refractivity contribution < 1.29 is 9.84 Å². The Kier molecular flexibility index (Phi) is 4.17. The van der Waals surface area contributed by atoms with Gasteiger partial charge in [0.15, 0.2) is 0 Å². The Morgan fingerprint density at radius 1 is 1.16 bits per heavy atom. The van der Waals surface area contributed by atoms with Gasteiger partial charge in [-0.25, -0.2) is 0 Å². The van der Waals surface area contributed by atoms with Crippen LogP contribution in [0.15, 0.2) is 36.4 Å². The number of hydrogen-bond donors (Lipinski definition) is 1. The summed E-state index contributed by atoms with van der Waals surface area (Å²) in [5, 5.41) is 10.3. The fourth-order valence-electron chi connectivity index (χ4n) is 2.20. The molecule has 1 heterocycles. The maximum absolute atomic E-state index is 10.3. The summed E-state index contributed by atoms with van der Waals surface area (Å²) in [6.45, 7) is 3.88. The average molecular weight is 257 g/mol. The summed E-state index contributed by atoms with van der Waals surface area (Å²) in [6.07, 6.45) is 0.0487. The molecule has 3 nitrogen and oxygen atoms in total. The van der Waals surface area contributed by atoms with Crippen molar-refractivity contribution in [3.63, 3.8) is 0 Å². The molecule has 0 saturated carbocycles. The molecule has 0 fully saturated rings. The van der Waals surface area contributed by atoms with Crippen molar-refractivity contribution in [2.75, 3.05) is 7.11 Å². The van der Waals surface area contributed by atoms with Gasteiger partial charge in [-0.2, -0.15) is 0 Å². The molecule has 1 atom stereocenters. The first-order valence-electron chi connectivity index (χ1n) is 6.34. The van der Waals surface area contributed by atoms with Gasteiger partial charge in [-0.1, -0.05) is 12.1 Å². The van der Waals surface area contributed by atoms with Crippen LogP contribution in [0.3, 0.4) is 0 Å². The minimum absolute atomic E-state index is 0.521. The SMILES string of the molecule is COc1cccc(CC(O)c2cc(C)nc(C)c2)c1. The number of aliphatic hydroxyl groups is 1. The summed E-state index contributed by atoms with van der Waals surface area (Å²) >= 11 is 0. The van der Waals surface area contributed by atoms with E-state index in [4.69, 9.17) is 4.74 Å². The molecule has 0 spiro atoms. The third-order valence-electron chi connectivity index (χ3n) is 3.05. The highest BCUT2D eigenvalue weighted by molar-refractivity contribution is 5.30. The predicted molar refractivity (Wildman–Crippen MR) is 75.4 cm³/mol. The van der Waals surface area contributed by atoms with Gasteiger partial charge in [0.1, 0.15) is 5.75 Å². The predicted octanol–water partition coefficient (Wildman–Crippen LogP) is 2.98. The van der Waals surface area contributed by atoms with E-state index in [1.54, 1.807) is 7.11 Å². The normalized spacial score (nSPS) is 12.2. The van der Waals surface area contributed by atoms with Crippen LogP contribution in [0.1, 0.15) is 28.6 Å². The van der Waals surface area contributed by atoms with Gasteiger partial charge in [-0.15, -0.1) is 0 Å². The van der Waals surface area contributed by atoms with Crippen LogP contribution in [0.4, 0.5) is 0 Å². The van der Waals surface area contributed by atoms with Crippen molar-refractivity contribution in [3.05, 3.63) is 58.9 Å². The lowest BCUT2D eigenvalue weighted by atomic mass is 10.0. The number of rotatable bonds is 4. The third-order valence-corrected chi connectivity index (χ3v) is 3.05. The number of aliphatic hydroxyl groups excluding tert-OH is 1. The number of aromatic nitrogens is 1. The lowest BCUT2D eigenvalue weighted by Crippen LogP contribution is -2.04. The van der Waals surface area contributed by atoms with Crippen LogP contribution in [0.2, 0.25) is 0 Å². The second-order valence-corrected chi connectivity index (χ2v) is 4.75. The van der Waals surface area contributed by atoms with E-state index >= 15 is 0 Å². The summed E-state index contributed by atoms with van der Waals surface area (Å²) in [7, 11) is 1.64. The van der Waals surface area contributed by atoms with Crippen molar-refractivity contribution in [3.8, 4) is 5.75 Å². The molecule has 0 radical (unpaired) electrons. The van der Waals surface area contributed by atoms with Crippen LogP contribution in [0.5, 0.6) is 5.75 Å². The van der Waals surface area contributed by atoms with Crippen LogP contribution in [0.25, 0.3) is 0 Å². The Labute approximate surface area is 113 Å². The van der Waals surface area contributed by atoms with Gasteiger partial charge in [0.2, 0.25) is 0 Å². The smallest absolute Gasteiger partial charge is 0.119 e. The van der Waals surface area contributed by atoms with E-state index in [9.17, 15) is 5.11 Å². The second kappa shape index (κ2) is 5.85. The number of pyridine rings is 1. The molecule has 0 aliphatic rings. The van der Waals surface area contributed by atoms with Gasteiger partial charge >= 0.3 is 0 Å². The maximum Gasteiger partial charge on any atom is 0.119 e. The van der Waals surface area contributed by atoms with Crippen molar-refractivity contribution in [2.45, 2.75) is 26.4 Å². The Balaban J connectivity index is 2.17. The highest BCUT2D eigenvalue weighted by Crippen LogP contribution is 2.22. The summed E-state index contributed by atoms with van der Waals surface area (Å²) in [5.41, 5.74) is 3.83. The zero-order valence-corrected chi connectivity index (χ0v) is 11.6. The van der Waals surface area contributed by atoms with E-state index in [0.29, 0.717) is 6.42 Å². The van der Waals surface area contributed by atoms with Gasteiger partial charge in [-0.3, -0.25) is 4.98 Å². The quantitative estimate of drug-likeness (QED) is 0.915. The molecule has 19 heavy (non-hydrogen) atoms. The number of benzene rings is 1. The summed E-state index contributed by atoms with van der Waals surface area (Å²) in [5.74, 6) is 0.812. The largest absolute Gasteiger partial charge is 0.497 e. The van der Waals surface area contributed by atoms with Crippen molar-refractivity contribution in [2.24, 2.45) is 0 Å². The molecule has 1 unspecified atom stereocenters. The summed E-state index contributed by atoms with van der Waals surface area (Å²) < 4.78 is 5.19. The van der Waals surface area contributed by atoms with E-state index in [1.807, 2.05) is 50.2 Å². The summed E-state index contributed by atoms with van der Waals surface area (Å²) in [6, 6.07) is 11.6. The van der Waals surface area contributed by atoms with Gasteiger partial charge in [0, 0.05) is 17.8 Å². The first kappa shape index (κ1) is 13.6. The molecular formula is C16H19NO2. The van der Waals surface area contributed by atoms with E-state index < -0.39 is 6.10 Å². The molecule has 0 saturated heterocycles. The number of hydrogen-bond acceptors (Lipinski definition) is 3. The standard InChI is InChI=1S/C16H19NO2/c1-11-7-14(8-12(2)17-11)16(18)10-13-5-4-6-15(9-13)19-3/h4-9,16,18H,10H2,1-3H3. The van der Waals surface area contributed by atoms with Crippen LogP contribution in [-0.4, -0.2) is 17.2 Å². The topological polar surface area (TPSA) is 42.4 Å². The van der Waals surface area contributed by atoms with Gasteiger partial charge in [0.25, 0.3) is 0 Å². The number of ether oxygens (including phenoxy) is 1. The molecule has 1 N–H and O–H groups in total. The fourth-order valence-corrected chi connectivity index (χ4v) is 2.20. The first-order valence-corrected chi connectivity index (χ1v) is 6.34. The van der Waals surface area contributed by atoms with Gasteiger partial charge in [0.05, 0.1) is 13.2 Å². The van der Waals surface area contributed by atoms with E-state index in [0.717, 1.165) is 28.3 Å². The first-order chi connectivity index (χ1) is 9.08. The molecule has 100 valence electrons. The Bertz CT molecular complexity index is 546. The molecule has 0 amide bonds. The highest BCUT2D eigenvalue weighted by Gasteiger charge is 2.10. The highest BCUT2D eigenvalue weighted by atomic mass is 16.5. The van der Waals surface area contributed by atoms with Crippen molar-refractivity contribution >= 4 is 0 Å². The molecular weight excluding hydrogens is 238 g/mol. The van der Waals surface area contributed by atoms with Crippen LogP contribution >= 0.6 is 0 Å². The van der Waals surface area contributed by atoms with Crippen LogP contribution in [0, 0.1) is 13.8 Å². The molecule has 0 bridgehead atoms. The average Bonchev–Trinajstić information content (AvgIpc) is 2.37. The van der Waals surface area contributed by atoms with E-state index in [1.165, 1.54) is 0 Å². The number of nitrogens with zero attached hydrogens (tertiary/aromatic N) is 1. The van der Waals surface area contributed by atoms with Gasteiger partial charge in [-0.05, 0) is 49.2 Å². The minimum atomic E-state index is -0.521.